The molecule has 2 amide bonds. The standard InChI is InChI=1S/C31H43N5O5S/c1-19(2)27(34-30(38)41-5)29(37)36-14-8-9-25(36)28-33-24-15-21(10-11-26(24)42(39,40)35-28)23(18-32-4)22-17-31(16-20(22)3)12-6-7-13-31/h10-11,15,18-20,25,27H,6-9,12-14,16-17H2,1-5H3,(H,33,35)(H,34,38). The Labute approximate surface area is 249 Å². The van der Waals surface area contributed by atoms with Crippen LogP contribution >= 0.6 is 0 Å². The number of ether oxygens (including phenoxy) is 1. The highest BCUT2D eigenvalue weighted by Gasteiger charge is 2.43. The number of rotatable bonds is 6. The smallest absolute Gasteiger partial charge is 0.407 e. The molecular formula is C31H43N5O5S. The van der Waals surface area contributed by atoms with Crippen LogP contribution in [0.4, 0.5) is 10.5 Å². The Morgan fingerprint density at radius 2 is 1.98 bits per heavy atom. The average molecular weight is 598 g/mol. The second-order valence-corrected chi connectivity index (χ2v) is 14.2. The molecule has 3 atom stereocenters. The Balaban J connectivity index is 1.46. The summed E-state index contributed by atoms with van der Waals surface area (Å²) in [4.78, 5) is 31.7. The quantitative estimate of drug-likeness (QED) is 0.443. The van der Waals surface area contributed by atoms with Crippen LogP contribution in [0, 0.1) is 17.3 Å². The zero-order valence-corrected chi connectivity index (χ0v) is 26.1. The molecule has 1 aromatic carbocycles. The molecule has 0 bridgehead atoms. The van der Waals surface area contributed by atoms with Gasteiger partial charge in [-0.15, -0.1) is 4.40 Å². The van der Waals surface area contributed by atoms with Gasteiger partial charge in [-0.25, -0.2) is 4.79 Å². The molecule has 2 saturated carbocycles. The van der Waals surface area contributed by atoms with E-state index in [1.165, 1.54) is 44.8 Å². The summed E-state index contributed by atoms with van der Waals surface area (Å²) < 4.78 is 35.6. The highest BCUT2D eigenvalue weighted by atomic mass is 32.2. The molecule has 2 N–H and O–H groups in total. The van der Waals surface area contributed by atoms with E-state index in [2.05, 4.69) is 26.9 Å². The van der Waals surface area contributed by atoms with Crippen molar-refractivity contribution < 1.29 is 22.7 Å². The van der Waals surface area contributed by atoms with Crippen LogP contribution in [-0.4, -0.2) is 70.2 Å². The molecule has 3 unspecified atom stereocenters. The second-order valence-electron chi connectivity index (χ2n) is 12.7. The van der Waals surface area contributed by atoms with E-state index in [0.717, 1.165) is 17.6 Å². The minimum atomic E-state index is -3.99. The molecule has 2 aliphatic carbocycles. The number of nitrogens with one attached hydrogen (secondary N) is 2. The molecule has 1 spiro atoms. The number of hydrogen-bond acceptors (Lipinski definition) is 7. The van der Waals surface area contributed by atoms with Gasteiger partial charge in [-0.05, 0) is 79.0 Å². The fourth-order valence-corrected chi connectivity index (χ4v) is 8.61. The third kappa shape index (κ3) is 5.72. The minimum absolute atomic E-state index is 0.114. The first-order valence-electron chi connectivity index (χ1n) is 15.0. The Morgan fingerprint density at radius 1 is 1.24 bits per heavy atom. The van der Waals surface area contributed by atoms with E-state index in [4.69, 9.17) is 4.74 Å². The minimum Gasteiger partial charge on any atom is -0.453 e. The molecule has 2 aliphatic heterocycles. The van der Waals surface area contributed by atoms with Crippen molar-refractivity contribution in [2.45, 2.75) is 89.1 Å². The number of hydrogen-bond donors (Lipinski definition) is 2. The normalized spacial score (nSPS) is 26.2. The number of sulfonamides is 1. The van der Waals surface area contributed by atoms with Crippen LogP contribution in [0.1, 0.15) is 77.7 Å². The summed E-state index contributed by atoms with van der Waals surface area (Å²) >= 11 is 0. The first-order valence-corrected chi connectivity index (χ1v) is 16.5. The number of benzene rings is 1. The van der Waals surface area contributed by atoms with Gasteiger partial charge in [-0.3, -0.25) is 9.79 Å². The third-order valence-corrected chi connectivity index (χ3v) is 10.8. The molecule has 10 nitrogen and oxygen atoms in total. The molecule has 3 fully saturated rings. The summed E-state index contributed by atoms with van der Waals surface area (Å²) in [6, 6.07) is 3.99. The van der Waals surface area contributed by atoms with Gasteiger partial charge in [0.1, 0.15) is 16.8 Å². The van der Waals surface area contributed by atoms with E-state index in [0.29, 0.717) is 36.4 Å². The number of carbonyl (C=O) groups excluding carboxylic acids is 2. The number of fused-ring (bicyclic) bond motifs is 1. The van der Waals surface area contributed by atoms with E-state index in [1.54, 1.807) is 18.0 Å². The van der Waals surface area contributed by atoms with E-state index in [9.17, 15) is 18.0 Å². The third-order valence-electron chi connectivity index (χ3n) is 9.46. The summed E-state index contributed by atoms with van der Waals surface area (Å²) in [6.45, 7) is 6.41. The SMILES string of the molecule is CN=CC(=C1CC2(CCCC2)CC1C)c1ccc2c(c1)NC(C1CCCN1C(=O)C(NC(=O)OC)C(C)C)=NS2(=O)=O. The molecule has 4 aliphatic rings. The van der Waals surface area contributed by atoms with Gasteiger partial charge in [0.15, 0.2) is 0 Å². The lowest BCUT2D eigenvalue weighted by Gasteiger charge is -2.32. The van der Waals surface area contributed by atoms with Gasteiger partial charge in [0.05, 0.1) is 18.8 Å². The van der Waals surface area contributed by atoms with Crippen LogP contribution in [0.3, 0.4) is 0 Å². The lowest BCUT2D eigenvalue weighted by molar-refractivity contribution is -0.134. The van der Waals surface area contributed by atoms with Crippen LogP contribution in [0.5, 0.6) is 0 Å². The van der Waals surface area contributed by atoms with Crippen LogP contribution in [0.15, 0.2) is 38.1 Å². The maximum Gasteiger partial charge on any atom is 0.407 e. The predicted octanol–water partition coefficient (Wildman–Crippen LogP) is 5.02. The Bertz CT molecular complexity index is 1440. The molecule has 228 valence electrons. The summed E-state index contributed by atoms with van der Waals surface area (Å²) in [6.07, 6.45) is 9.83. The fourth-order valence-electron chi connectivity index (χ4n) is 7.46. The van der Waals surface area contributed by atoms with E-state index in [1.807, 2.05) is 32.2 Å². The van der Waals surface area contributed by atoms with Gasteiger partial charge in [0.25, 0.3) is 10.0 Å². The first kappa shape index (κ1) is 30.3. The van der Waals surface area contributed by atoms with Crippen LogP contribution in [0.25, 0.3) is 5.57 Å². The lowest BCUT2D eigenvalue weighted by Crippen LogP contribution is -2.54. The predicted molar refractivity (Wildman–Crippen MR) is 164 cm³/mol. The van der Waals surface area contributed by atoms with Gasteiger partial charge < -0.3 is 20.3 Å². The number of aliphatic imine (C=N–C) groups is 1. The largest absolute Gasteiger partial charge is 0.453 e. The topological polar surface area (TPSA) is 130 Å². The summed E-state index contributed by atoms with van der Waals surface area (Å²) in [5.41, 5.74) is 4.20. The lowest BCUT2D eigenvalue weighted by atomic mass is 9.83. The molecule has 0 radical (unpaired) electrons. The molecule has 11 heteroatoms. The number of anilines is 1. The van der Waals surface area contributed by atoms with Crippen molar-refractivity contribution in [3.8, 4) is 0 Å². The molecule has 0 aromatic heterocycles. The zero-order chi connectivity index (χ0) is 30.2. The van der Waals surface area contributed by atoms with Gasteiger partial charge in [-0.2, -0.15) is 8.42 Å². The van der Waals surface area contributed by atoms with Crippen LogP contribution < -0.4 is 10.6 Å². The number of amides is 2. The monoisotopic (exact) mass is 597 g/mol. The Morgan fingerprint density at radius 3 is 2.64 bits per heavy atom. The van der Waals surface area contributed by atoms with Crippen molar-refractivity contribution in [3.05, 3.63) is 29.3 Å². The van der Waals surface area contributed by atoms with Crippen molar-refractivity contribution in [1.82, 2.24) is 10.2 Å². The number of allylic oxidation sites excluding steroid dienone is 2. The van der Waals surface area contributed by atoms with E-state index < -0.39 is 28.2 Å². The number of methoxy groups -OCH3 is 1. The Hall–Kier alpha value is -3.21. The molecule has 1 saturated heterocycles. The number of likely N-dealkylation sites (tertiary alicyclic amines) is 1. The Kier molecular flexibility index (Phi) is 8.51. The summed E-state index contributed by atoms with van der Waals surface area (Å²) in [7, 11) is -0.975. The summed E-state index contributed by atoms with van der Waals surface area (Å²) in [5, 5.41) is 5.91. The maximum atomic E-state index is 13.6. The molecular weight excluding hydrogens is 554 g/mol. The van der Waals surface area contributed by atoms with Gasteiger partial charge in [0, 0.05) is 19.8 Å². The van der Waals surface area contributed by atoms with Crippen molar-refractivity contribution >= 4 is 45.3 Å². The highest BCUT2D eigenvalue weighted by molar-refractivity contribution is 7.90. The van der Waals surface area contributed by atoms with Crippen molar-refractivity contribution in [2.75, 3.05) is 26.0 Å². The van der Waals surface area contributed by atoms with Crippen LogP contribution in [-0.2, 0) is 19.6 Å². The highest BCUT2D eigenvalue weighted by Crippen LogP contribution is 2.56. The molecule has 2 heterocycles. The van der Waals surface area contributed by atoms with Crippen molar-refractivity contribution in [3.63, 3.8) is 0 Å². The van der Waals surface area contributed by atoms with Crippen LogP contribution in [0.2, 0.25) is 0 Å². The number of alkyl carbamates (subject to hydrolysis) is 1. The van der Waals surface area contributed by atoms with E-state index in [-0.39, 0.29) is 22.6 Å². The average Bonchev–Trinajstić information content (AvgIpc) is 3.69. The zero-order valence-electron chi connectivity index (χ0n) is 25.3. The number of amidine groups is 1. The maximum absolute atomic E-state index is 13.6. The fraction of sp³-hybridized carbons (Fsp3) is 0.613. The van der Waals surface area contributed by atoms with E-state index >= 15 is 0 Å². The molecule has 5 rings (SSSR count). The number of carbonyl (C=O) groups is 2. The van der Waals surface area contributed by atoms with Crippen molar-refractivity contribution in [1.29, 1.82) is 0 Å². The molecule has 42 heavy (non-hydrogen) atoms. The summed E-state index contributed by atoms with van der Waals surface area (Å²) in [5.74, 6) is 0.177. The van der Waals surface area contributed by atoms with Gasteiger partial charge in [0.2, 0.25) is 5.91 Å². The number of nitrogens with zero attached hydrogens (tertiary/aromatic N) is 3. The second kappa shape index (κ2) is 11.8. The van der Waals surface area contributed by atoms with Gasteiger partial charge >= 0.3 is 6.09 Å². The molecule has 1 aromatic rings. The first-order chi connectivity index (χ1) is 20.0. The van der Waals surface area contributed by atoms with Gasteiger partial charge in [-0.1, -0.05) is 45.3 Å². The van der Waals surface area contributed by atoms with Crippen molar-refractivity contribution in [2.24, 2.45) is 26.6 Å².